The Morgan fingerprint density at radius 2 is 2.18 bits per heavy atom. The molecule has 0 radical (unpaired) electrons. The lowest BCUT2D eigenvalue weighted by Gasteiger charge is -2.12. The Kier molecular flexibility index (Phi) is 0.756. The number of allylic oxidation sites excluding steroid dienone is 5. The average molecular weight is 142 g/mol. The van der Waals surface area contributed by atoms with Gasteiger partial charge >= 0.3 is 0 Å². The van der Waals surface area contributed by atoms with Crippen LogP contribution in [0.15, 0.2) is 45.1 Å². The van der Waals surface area contributed by atoms with Gasteiger partial charge in [0.05, 0.1) is 11.6 Å². The zero-order valence-corrected chi connectivity index (χ0v) is 5.86. The molecule has 1 atom stereocenters. The molecule has 3 rings (SSSR count). The molecule has 0 aromatic heterocycles. The number of aliphatic imine (C=N–C) groups is 2. The summed E-state index contributed by atoms with van der Waals surface area (Å²) in [6.07, 6.45) is 10.0. The van der Waals surface area contributed by atoms with Gasteiger partial charge in [-0.2, -0.15) is 0 Å². The monoisotopic (exact) mass is 142 g/mol. The van der Waals surface area contributed by atoms with E-state index in [-0.39, 0.29) is 0 Å². The summed E-state index contributed by atoms with van der Waals surface area (Å²) < 4.78 is 0. The van der Waals surface area contributed by atoms with Gasteiger partial charge in [-0.1, -0.05) is 6.08 Å². The molecule has 1 unspecified atom stereocenters. The summed E-state index contributed by atoms with van der Waals surface area (Å²) in [6.45, 7) is 0. The quantitative estimate of drug-likeness (QED) is 0.489. The van der Waals surface area contributed by atoms with E-state index in [0.29, 0.717) is 5.92 Å². The Morgan fingerprint density at radius 1 is 1.18 bits per heavy atom. The van der Waals surface area contributed by atoms with Gasteiger partial charge in [0.15, 0.2) is 0 Å². The standard InChI is InChI=1S/C9H6N2/c1-6-2-8-4-10-5-11-9(8)3-7(1)6/h1-5,8H. The van der Waals surface area contributed by atoms with Gasteiger partial charge < -0.3 is 0 Å². The van der Waals surface area contributed by atoms with Crippen LogP contribution in [0, 0.1) is 5.92 Å². The molecular formula is C9H6N2. The molecule has 52 valence electrons. The molecular weight excluding hydrogens is 136 g/mol. The van der Waals surface area contributed by atoms with E-state index in [9.17, 15) is 0 Å². The topological polar surface area (TPSA) is 24.7 Å². The molecule has 0 aromatic rings. The van der Waals surface area contributed by atoms with Crippen molar-refractivity contribution in [1.82, 2.24) is 0 Å². The first-order valence-electron chi connectivity index (χ1n) is 3.65. The summed E-state index contributed by atoms with van der Waals surface area (Å²) >= 11 is 0. The number of hydrogen-bond donors (Lipinski definition) is 0. The first-order valence-corrected chi connectivity index (χ1v) is 3.65. The lowest BCUT2D eigenvalue weighted by atomic mass is 10.00. The summed E-state index contributed by atoms with van der Waals surface area (Å²) in [5.41, 5.74) is 3.82. The smallest absolute Gasteiger partial charge is 0.115 e. The van der Waals surface area contributed by atoms with Crippen LogP contribution in [0.5, 0.6) is 0 Å². The molecule has 2 nitrogen and oxygen atoms in total. The Labute approximate surface area is 64.4 Å². The van der Waals surface area contributed by atoms with Crippen LogP contribution in [0.1, 0.15) is 0 Å². The highest BCUT2D eigenvalue weighted by Gasteiger charge is 2.24. The maximum absolute atomic E-state index is 4.18. The minimum atomic E-state index is 0.331. The van der Waals surface area contributed by atoms with Gasteiger partial charge in [-0.25, -0.2) is 9.98 Å². The van der Waals surface area contributed by atoms with Crippen molar-refractivity contribution in [2.75, 3.05) is 0 Å². The summed E-state index contributed by atoms with van der Waals surface area (Å²) in [5, 5.41) is 0. The zero-order valence-electron chi connectivity index (χ0n) is 5.86. The number of rotatable bonds is 0. The molecule has 1 aliphatic heterocycles. The second-order valence-corrected chi connectivity index (χ2v) is 2.86. The van der Waals surface area contributed by atoms with E-state index in [0.717, 1.165) is 5.70 Å². The second-order valence-electron chi connectivity index (χ2n) is 2.86. The zero-order chi connectivity index (χ0) is 7.26. The fraction of sp³-hybridized carbons (Fsp3) is 0.111. The Morgan fingerprint density at radius 3 is 3.18 bits per heavy atom. The molecule has 2 aliphatic carbocycles. The van der Waals surface area contributed by atoms with Crippen LogP contribution in [-0.4, -0.2) is 12.6 Å². The van der Waals surface area contributed by atoms with Crippen molar-refractivity contribution in [1.29, 1.82) is 0 Å². The highest BCUT2D eigenvalue weighted by Crippen LogP contribution is 2.38. The van der Waals surface area contributed by atoms with Crippen molar-refractivity contribution < 1.29 is 0 Å². The van der Waals surface area contributed by atoms with Crippen LogP contribution in [0.3, 0.4) is 0 Å². The van der Waals surface area contributed by atoms with Gasteiger partial charge in [0.1, 0.15) is 6.34 Å². The Hall–Kier alpha value is -1.44. The summed E-state index contributed by atoms with van der Waals surface area (Å²) in [5.74, 6) is 0.331. The Bertz CT molecular complexity index is 367. The molecule has 0 saturated heterocycles. The van der Waals surface area contributed by atoms with Gasteiger partial charge in [0.2, 0.25) is 0 Å². The largest absolute Gasteiger partial charge is 0.248 e. The van der Waals surface area contributed by atoms with Crippen LogP contribution in [0.2, 0.25) is 0 Å². The molecule has 2 heteroatoms. The normalized spacial score (nSPS) is 29.8. The lowest BCUT2D eigenvalue weighted by Crippen LogP contribution is -2.07. The van der Waals surface area contributed by atoms with E-state index in [4.69, 9.17) is 0 Å². The van der Waals surface area contributed by atoms with E-state index in [1.807, 2.05) is 6.21 Å². The van der Waals surface area contributed by atoms with Crippen LogP contribution in [-0.2, 0) is 0 Å². The predicted octanol–water partition coefficient (Wildman–Crippen LogP) is 1.48. The van der Waals surface area contributed by atoms with E-state index in [1.165, 1.54) is 11.1 Å². The third-order valence-corrected chi connectivity index (χ3v) is 2.09. The van der Waals surface area contributed by atoms with Crippen molar-refractivity contribution in [3.8, 4) is 0 Å². The third kappa shape index (κ3) is 0.664. The molecule has 0 amide bonds. The molecule has 0 saturated carbocycles. The summed E-state index contributed by atoms with van der Waals surface area (Å²) in [7, 11) is 0. The maximum Gasteiger partial charge on any atom is 0.115 e. The van der Waals surface area contributed by atoms with Crippen molar-refractivity contribution in [3.05, 3.63) is 35.1 Å². The predicted molar refractivity (Wildman–Crippen MR) is 44.7 cm³/mol. The minimum Gasteiger partial charge on any atom is -0.248 e. The SMILES string of the molecule is C1=NC=NC2=CC3=CC3=CC12. The first kappa shape index (κ1) is 5.24. The van der Waals surface area contributed by atoms with Crippen LogP contribution in [0.25, 0.3) is 0 Å². The highest BCUT2D eigenvalue weighted by molar-refractivity contribution is 5.84. The first-order chi connectivity index (χ1) is 5.43. The molecule has 0 spiro atoms. The van der Waals surface area contributed by atoms with Crippen LogP contribution in [0.4, 0.5) is 0 Å². The highest BCUT2D eigenvalue weighted by atomic mass is 14.9. The van der Waals surface area contributed by atoms with E-state index < -0.39 is 0 Å². The molecule has 1 heterocycles. The fourth-order valence-corrected chi connectivity index (χ4v) is 1.41. The van der Waals surface area contributed by atoms with Crippen molar-refractivity contribution in [3.63, 3.8) is 0 Å². The fourth-order valence-electron chi connectivity index (χ4n) is 1.41. The lowest BCUT2D eigenvalue weighted by molar-refractivity contribution is 0.991. The van der Waals surface area contributed by atoms with E-state index in [2.05, 4.69) is 28.2 Å². The van der Waals surface area contributed by atoms with Crippen molar-refractivity contribution in [2.24, 2.45) is 15.9 Å². The minimum absolute atomic E-state index is 0.331. The van der Waals surface area contributed by atoms with Gasteiger partial charge in [-0.15, -0.1) is 0 Å². The van der Waals surface area contributed by atoms with Gasteiger partial charge in [0, 0.05) is 6.21 Å². The average Bonchev–Trinajstić information content (AvgIpc) is 2.77. The van der Waals surface area contributed by atoms with Gasteiger partial charge in [-0.3, -0.25) is 0 Å². The molecule has 0 bridgehead atoms. The van der Waals surface area contributed by atoms with Crippen molar-refractivity contribution >= 4 is 12.6 Å². The van der Waals surface area contributed by atoms with Crippen LogP contribution < -0.4 is 0 Å². The Balaban J connectivity index is 2.11. The second kappa shape index (κ2) is 1.59. The maximum atomic E-state index is 4.18. The number of hydrogen-bond acceptors (Lipinski definition) is 2. The number of fused-ring (bicyclic) bond motifs is 2. The number of nitrogens with zero attached hydrogens (tertiary/aromatic N) is 2. The summed E-state index contributed by atoms with van der Waals surface area (Å²) in [4.78, 5) is 8.17. The van der Waals surface area contributed by atoms with Crippen LogP contribution >= 0.6 is 0 Å². The molecule has 3 aliphatic rings. The third-order valence-electron chi connectivity index (χ3n) is 2.09. The van der Waals surface area contributed by atoms with E-state index >= 15 is 0 Å². The van der Waals surface area contributed by atoms with Crippen molar-refractivity contribution in [2.45, 2.75) is 0 Å². The summed E-state index contributed by atoms with van der Waals surface area (Å²) in [6, 6.07) is 0. The molecule has 0 N–H and O–H groups in total. The van der Waals surface area contributed by atoms with Gasteiger partial charge in [-0.05, 0) is 23.3 Å². The van der Waals surface area contributed by atoms with E-state index in [1.54, 1.807) is 6.34 Å². The molecule has 0 aromatic carbocycles. The van der Waals surface area contributed by atoms with Gasteiger partial charge in [0.25, 0.3) is 0 Å². The molecule has 0 fully saturated rings. The molecule has 11 heavy (non-hydrogen) atoms.